The molecular weight excluding hydrogens is 394 g/mol. The van der Waals surface area contributed by atoms with Crippen LogP contribution in [0.4, 0.5) is 26.3 Å². The summed E-state index contributed by atoms with van der Waals surface area (Å²) in [5.41, 5.74) is -0.668. The van der Waals surface area contributed by atoms with E-state index >= 15 is 0 Å². The van der Waals surface area contributed by atoms with Crippen LogP contribution < -0.4 is 9.47 Å². The first-order valence-electron chi connectivity index (χ1n) is 7.89. The highest BCUT2D eigenvalue weighted by atomic mass is 19.4. The zero-order chi connectivity index (χ0) is 20.7. The molecule has 0 fully saturated rings. The molecule has 2 aromatic carbocycles. The Hall–Kier alpha value is -2.91. The number of fused-ring (bicyclic) bond motifs is 1. The van der Waals surface area contributed by atoms with Gasteiger partial charge in [0, 0.05) is 0 Å². The molecule has 0 saturated carbocycles. The Bertz CT molecular complexity index is 873. The summed E-state index contributed by atoms with van der Waals surface area (Å²) in [4.78, 5) is 11.2. The number of alkyl halides is 6. The first kappa shape index (κ1) is 19.8. The highest BCUT2D eigenvalue weighted by molar-refractivity contribution is 5.72. The van der Waals surface area contributed by atoms with Crippen LogP contribution in [0.1, 0.15) is 11.1 Å². The lowest BCUT2D eigenvalue weighted by atomic mass is 9.90. The summed E-state index contributed by atoms with van der Waals surface area (Å²) in [7, 11) is 0. The molecule has 0 aromatic heterocycles. The first-order chi connectivity index (χ1) is 12.9. The molecular formula is C18H12F6O4. The molecule has 3 rings (SSSR count). The van der Waals surface area contributed by atoms with Gasteiger partial charge in [0.05, 0.1) is 5.56 Å². The number of carbonyl (C=O) groups is 1. The predicted octanol–water partition coefficient (Wildman–Crippen LogP) is 5.06. The third-order valence-electron chi connectivity index (χ3n) is 4.15. The summed E-state index contributed by atoms with van der Waals surface area (Å²) in [6, 6.07) is 7.62. The summed E-state index contributed by atoms with van der Waals surface area (Å²) >= 11 is 0. The molecule has 0 amide bonds. The zero-order valence-corrected chi connectivity index (χ0v) is 13.8. The van der Waals surface area contributed by atoms with Gasteiger partial charge in [-0.1, -0.05) is 0 Å². The van der Waals surface area contributed by atoms with Crippen LogP contribution in [0.15, 0.2) is 42.5 Å². The van der Waals surface area contributed by atoms with Crippen LogP contribution in [0, 0.1) is 5.92 Å². The Kier molecular flexibility index (Phi) is 4.90. The lowest BCUT2D eigenvalue weighted by Crippen LogP contribution is -2.47. The minimum Gasteiger partial charge on any atom is -0.481 e. The Morgan fingerprint density at radius 3 is 2.14 bits per heavy atom. The maximum absolute atomic E-state index is 13.0. The van der Waals surface area contributed by atoms with E-state index in [0.29, 0.717) is 0 Å². The van der Waals surface area contributed by atoms with E-state index in [1.165, 1.54) is 18.2 Å². The van der Waals surface area contributed by atoms with Gasteiger partial charge in [0.15, 0.2) is 0 Å². The van der Waals surface area contributed by atoms with Crippen molar-refractivity contribution in [3.8, 4) is 17.2 Å². The topological polar surface area (TPSA) is 55.8 Å². The Morgan fingerprint density at radius 1 is 1.00 bits per heavy atom. The fourth-order valence-electron chi connectivity index (χ4n) is 2.82. The van der Waals surface area contributed by atoms with Crippen LogP contribution in [0.2, 0.25) is 0 Å². The maximum Gasteiger partial charge on any atom is 0.426 e. The van der Waals surface area contributed by atoms with Crippen LogP contribution in [0.3, 0.4) is 0 Å². The van der Waals surface area contributed by atoms with Crippen molar-refractivity contribution >= 4 is 5.97 Å². The number of hydrogen-bond acceptors (Lipinski definition) is 3. The lowest BCUT2D eigenvalue weighted by molar-refractivity contribution is -0.217. The van der Waals surface area contributed by atoms with Gasteiger partial charge in [-0.25, -0.2) is 0 Å². The summed E-state index contributed by atoms with van der Waals surface area (Å²) in [6.45, 7) is 0. The molecule has 0 spiro atoms. The van der Waals surface area contributed by atoms with Crippen molar-refractivity contribution in [2.45, 2.75) is 24.9 Å². The normalized spacial score (nSPS) is 19.5. The van der Waals surface area contributed by atoms with Crippen LogP contribution in [0.5, 0.6) is 17.2 Å². The summed E-state index contributed by atoms with van der Waals surface area (Å²) < 4.78 is 87.1. The third kappa shape index (κ3) is 4.15. The van der Waals surface area contributed by atoms with Gasteiger partial charge in [-0.3, -0.25) is 4.79 Å². The third-order valence-corrected chi connectivity index (χ3v) is 4.15. The lowest BCUT2D eigenvalue weighted by Gasteiger charge is -2.32. The van der Waals surface area contributed by atoms with Gasteiger partial charge in [0.1, 0.15) is 23.2 Å². The molecule has 4 nitrogen and oxygen atoms in total. The number of carboxylic acid groups (broad SMARTS) is 1. The molecule has 0 bridgehead atoms. The quantitative estimate of drug-likeness (QED) is 0.724. The number of halogens is 6. The minimum absolute atomic E-state index is 0.0765. The van der Waals surface area contributed by atoms with Crippen LogP contribution in [-0.2, 0) is 17.4 Å². The standard InChI is InChI=1S/C18H12F6O4/c19-17(20,21)10-1-3-11(4-2-10)27-12-5-6-14-9(7-12)8-13(16(25)26)15(28-14)18(22,23)24/h1-7,13,15H,8H2,(H,25,26)/t13-,15+/m1/s1. The van der Waals surface area contributed by atoms with Gasteiger partial charge in [-0.2, -0.15) is 26.3 Å². The second kappa shape index (κ2) is 6.92. The molecule has 150 valence electrons. The van der Waals surface area contributed by atoms with Crippen molar-refractivity contribution in [1.82, 2.24) is 0 Å². The summed E-state index contributed by atoms with van der Waals surface area (Å²) in [5, 5.41) is 9.09. The first-order valence-corrected chi connectivity index (χ1v) is 7.89. The van der Waals surface area contributed by atoms with Gasteiger partial charge in [-0.05, 0) is 54.4 Å². The van der Waals surface area contributed by atoms with Gasteiger partial charge >= 0.3 is 18.3 Å². The van der Waals surface area contributed by atoms with Crippen molar-refractivity contribution in [2.75, 3.05) is 0 Å². The minimum atomic E-state index is -4.85. The van der Waals surface area contributed by atoms with E-state index in [1.54, 1.807) is 0 Å². The van der Waals surface area contributed by atoms with Crippen molar-refractivity contribution in [3.05, 3.63) is 53.6 Å². The van der Waals surface area contributed by atoms with Crippen molar-refractivity contribution in [2.24, 2.45) is 5.92 Å². The molecule has 10 heteroatoms. The fourth-order valence-corrected chi connectivity index (χ4v) is 2.82. The highest BCUT2D eigenvalue weighted by Crippen LogP contribution is 2.40. The molecule has 1 N–H and O–H groups in total. The molecule has 0 radical (unpaired) electrons. The smallest absolute Gasteiger partial charge is 0.426 e. The second-order valence-corrected chi connectivity index (χ2v) is 6.12. The summed E-state index contributed by atoms with van der Waals surface area (Å²) in [6.07, 6.45) is -12.3. The number of benzene rings is 2. The summed E-state index contributed by atoms with van der Waals surface area (Å²) in [5.74, 6) is -3.40. The fraction of sp³-hybridized carbons (Fsp3) is 0.278. The van der Waals surface area contributed by atoms with Gasteiger partial charge in [0.2, 0.25) is 6.10 Å². The Balaban J connectivity index is 1.82. The zero-order valence-electron chi connectivity index (χ0n) is 13.8. The van der Waals surface area contributed by atoms with Gasteiger partial charge in [-0.15, -0.1) is 0 Å². The molecule has 0 aliphatic carbocycles. The number of carboxylic acids is 1. The van der Waals surface area contributed by atoms with E-state index in [2.05, 4.69) is 0 Å². The SMILES string of the molecule is O=C(O)[C@@H]1Cc2cc(Oc3ccc(C(F)(F)F)cc3)ccc2O[C@@H]1C(F)(F)F. The van der Waals surface area contributed by atoms with Crippen molar-refractivity contribution in [3.63, 3.8) is 0 Å². The molecule has 28 heavy (non-hydrogen) atoms. The van der Waals surface area contributed by atoms with E-state index in [0.717, 1.165) is 24.3 Å². The molecule has 1 aliphatic heterocycles. The predicted molar refractivity (Wildman–Crippen MR) is 83.3 cm³/mol. The van der Waals surface area contributed by atoms with E-state index in [4.69, 9.17) is 14.6 Å². The van der Waals surface area contributed by atoms with Crippen molar-refractivity contribution < 1.29 is 45.7 Å². The average Bonchev–Trinajstić information content (AvgIpc) is 2.59. The highest BCUT2D eigenvalue weighted by Gasteiger charge is 2.52. The number of aliphatic carboxylic acids is 1. The maximum atomic E-state index is 13.0. The molecule has 0 saturated heterocycles. The monoisotopic (exact) mass is 406 g/mol. The largest absolute Gasteiger partial charge is 0.481 e. The van der Waals surface area contributed by atoms with Gasteiger partial charge in [0.25, 0.3) is 0 Å². The molecule has 1 aliphatic rings. The van der Waals surface area contributed by atoms with Crippen LogP contribution in [0.25, 0.3) is 0 Å². The van der Waals surface area contributed by atoms with E-state index in [9.17, 15) is 31.1 Å². The molecule has 2 aromatic rings. The van der Waals surface area contributed by atoms with Gasteiger partial charge < -0.3 is 14.6 Å². The average molecular weight is 406 g/mol. The van der Waals surface area contributed by atoms with Crippen LogP contribution >= 0.6 is 0 Å². The molecule has 0 unspecified atom stereocenters. The van der Waals surface area contributed by atoms with E-state index in [-0.39, 0.29) is 22.8 Å². The molecule has 2 atom stereocenters. The Labute approximate surface area is 154 Å². The van der Waals surface area contributed by atoms with Crippen LogP contribution in [-0.4, -0.2) is 23.4 Å². The number of hydrogen-bond donors (Lipinski definition) is 1. The van der Waals surface area contributed by atoms with E-state index in [1.807, 2.05) is 0 Å². The number of ether oxygens (including phenoxy) is 2. The second-order valence-electron chi connectivity index (χ2n) is 6.12. The molecule has 1 heterocycles. The van der Waals surface area contributed by atoms with Crippen molar-refractivity contribution in [1.29, 1.82) is 0 Å². The Morgan fingerprint density at radius 2 is 1.61 bits per heavy atom. The van der Waals surface area contributed by atoms with E-state index < -0.39 is 42.3 Å². The number of rotatable bonds is 3.